The molecule has 5 nitrogen and oxygen atoms in total. The third-order valence-corrected chi connectivity index (χ3v) is 5.54. The number of fused-ring (bicyclic) bond motifs is 1. The molecule has 1 N–H and O–H groups in total. The Balaban J connectivity index is 2.37. The highest BCUT2D eigenvalue weighted by atomic mass is 32.1. The predicted molar refractivity (Wildman–Crippen MR) is 89.5 cm³/mol. The summed E-state index contributed by atoms with van der Waals surface area (Å²) >= 11 is 1.44. The molecule has 1 atom stereocenters. The normalized spacial score (nSPS) is 17.1. The van der Waals surface area contributed by atoms with E-state index in [2.05, 4.69) is 26.1 Å². The molecule has 124 valence electrons. The van der Waals surface area contributed by atoms with E-state index in [9.17, 15) is 9.59 Å². The molecule has 1 aromatic heterocycles. The van der Waals surface area contributed by atoms with Gasteiger partial charge in [-0.3, -0.25) is 4.79 Å². The molecule has 0 aromatic carbocycles. The van der Waals surface area contributed by atoms with E-state index in [1.54, 1.807) is 0 Å². The van der Waals surface area contributed by atoms with E-state index in [1.807, 2.05) is 6.07 Å². The van der Waals surface area contributed by atoms with Gasteiger partial charge in [0.25, 0.3) is 0 Å². The average molecular weight is 334 g/mol. The molecule has 1 unspecified atom stereocenters. The van der Waals surface area contributed by atoms with Crippen molar-refractivity contribution in [2.24, 2.45) is 11.3 Å². The zero-order valence-electron chi connectivity index (χ0n) is 14.0. The number of methoxy groups -OCH3 is 1. The number of hydrogen-bond donors (Lipinski definition) is 1. The molecule has 1 aliphatic carbocycles. The Morgan fingerprint density at radius 3 is 2.70 bits per heavy atom. The van der Waals surface area contributed by atoms with Gasteiger partial charge in [0.2, 0.25) is 5.91 Å². The van der Waals surface area contributed by atoms with Gasteiger partial charge in [-0.15, -0.1) is 11.3 Å². The van der Waals surface area contributed by atoms with E-state index >= 15 is 0 Å². The third kappa shape index (κ3) is 3.73. The summed E-state index contributed by atoms with van der Waals surface area (Å²) in [5.41, 5.74) is 1.66. The molecule has 1 amide bonds. The van der Waals surface area contributed by atoms with Crippen LogP contribution in [0.5, 0.6) is 0 Å². The van der Waals surface area contributed by atoms with Gasteiger partial charge in [-0.05, 0) is 36.2 Å². The molecular formula is C17H22N2O3S. The lowest BCUT2D eigenvalue weighted by molar-refractivity contribution is -0.115. The molecule has 1 aliphatic rings. The molecule has 0 saturated heterocycles. The molecule has 0 aliphatic heterocycles. The predicted octanol–water partition coefficient (Wildman–Crippen LogP) is 3.54. The zero-order valence-corrected chi connectivity index (χ0v) is 14.8. The lowest BCUT2D eigenvalue weighted by atomic mass is 9.72. The first-order valence-corrected chi connectivity index (χ1v) is 8.49. The molecule has 0 bridgehead atoms. The van der Waals surface area contributed by atoms with Crippen molar-refractivity contribution < 1.29 is 14.3 Å². The summed E-state index contributed by atoms with van der Waals surface area (Å²) in [6, 6.07) is 1.82. The van der Waals surface area contributed by atoms with Crippen molar-refractivity contribution in [3.63, 3.8) is 0 Å². The van der Waals surface area contributed by atoms with Crippen LogP contribution >= 0.6 is 11.3 Å². The topological polar surface area (TPSA) is 79.2 Å². The van der Waals surface area contributed by atoms with Gasteiger partial charge in [0.1, 0.15) is 11.4 Å². The van der Waals surface area contributed by atoms with Crippen molar-refractivity contribution >= 4 is 28.2 Å². The zero-order chi connectivity index (χ0) is 17.2. The number of rotatable bonds is 3. The molecule has 0 radical (unpaired) electrons. The Labute approximate surface area is 140 Å². The minimum atomic E-state index is -0.427. The number of nitrogens with one attached hydrogen (secondary N) is 1. The number of carbonyl (C=O) groups is 2. The first kappa shape index (κ1) is 17.5. The van der Waals surface area contributed by atoms with E-state index in [0.29, 0.717) is 16.5 Å². The standard InChI is InChI=1S/C17H22N2O3S/c1-17(2,3)10-5-6-11-12(9-10)23-15(14(11)16(21)22-4)19-13(20)7-8-18/h10H,5-7,9H2,1-4H3,(H,19,20). The van der Waals surface area contributed by atoms with Crippen LogP contribution in [0.2, 0.25) is 0 Å². The van der Waals surface area contributed by atoms with Gasteiger partial charge in [0.15, 0.2) is 0 Å². The average Bonchev–Trinajstić information content (AvgIpc) is 2.82. The Kier molecular flexibility index (Phi) is 5.10. The minimum Gasteiger partial charge on any atom is -0.465 e. The summed E-state index contributed by atoms with van der Waals surface area (Å²) in [7, 11) is 1.34. The lowest BCUT2D eigenvalue weighted by Gasteiger charge is -2.33. The fraction of sp³-hybridized carbons (Fsp3) is 0.588. The van der Waals surface area contributed by atoms with Crippen LogP contribution in [0.4, 0.5) is 5.00 Å². The summed E-state index contributed by atoms with van der Waals surface area (Å²) < 4.78 is 4.89. The van der Waals surface area contributed by atoms with Gasteiger partial charge in [0, 0.05) is 4.88 Å². The molecule has 23 heavy (non-hydrogen) atoms. The van der Waals surface area contributed by atoms with Crippen LogP contribution in [0.25, 0.3) is 0 Å². The SMILES string of the molecule is COC(=O)c1c(NC(=O)CC#N)sc2c1CCC(C(C)(C)C)C2. The highest BCUT2D eigenvalue weighted by Gasteiger charge is 2.34. The Bertz CT molecular complexity index is 665. The van der Waals surface area contributed by atoms with Gasteiger partial charge < -0.3 is 10.1 Å². The largest absolute Gasteiger partial charge is 0.465 e. The molecule has 6 heteroatoms. The molecule has 1 heterocycles. The van der Waals surface area contributed by atoms with E-state index in [0.717, 1.165) is 29.7 Å². The second-order valence-electron chi connectivity index (χ2n) is 6.89. The first-order chi connectivity index (χ1) is 10.8. The summed E-state index contributed by atoms with van der Waals surface area (Å²) in [5.74, 6) is -0.283. The van der Waals surface area contributed by atoms with Crippen LogP contribution in [0.3, 0.4) is 0 Å². The lowest BCUT2D eigenvalue weighted by Crippen LogP contribution is -2.26. The first-order valence-electron chi connectivity index (χ1n) is 7.67. The van der Waals surface area contributed by atoms with Gasteiger partial charge >= 0.3 is 5.97 Å². The number of nitriles is 1. The summed E-state index contributed by atoms with van der Waals surface area (Å²) in [6.45, 7) is 6.69. The van der Waals surface area contributed by atoms with Gasteiger partial charge in [-0.2, -0.15) is 5.26 Å². The number of thiophene rings is 1. The highest BCUT2D eigenvalue weighted by molar-refractivity contribution is 7.17. The fourth-order valence-corrected chi connectivity index (χ4v) is 4.31. The Morgan fingerprint density at radius 2 is 2.13 bits per heavy atom. The quantitative estimate of drug-likeness (QED) is 0.858. The summed E-state index contributed by atoms with van der Waals surface area (Å²) in [6.07, 6.45) is 2.50. The molecule has 0 saturated carbocycles. The van der Waals surface area contributed by atoms with Crippen LogP contribution in [-0.2, 0) is 22.4 Å². The molecular weight excluding hydrogens is 312 g/mol. The maximum atomic E-state index is 12.2. The second-order valence-corrected chi connectivity index (χ2v) is 7.99. The van der Waals surface area contributed by atoms with Crippen LogP contribution < -0.4 is 5.32 Å². The van der Waals surface area contributed by atoms with E-state index in [-0.39, 0.29) is 11.8 Å². The van der Waals surface area contributed by atoms with Crippen molar-refractivity contribution in [1.82, 2.24) is 0 Å². The van der Waals surface area contributed by atoms with E-state index < -0.39 is 11.9 Å². The number of carbonyl (C=O) groups excluding carboxylic acids is 2. The number of ether oxygens (including phenoxy) is 1. The van der Waals surface area contributed by atoms with Crippen LogP contribution in [0.1, 0.15) is 54.4 Å². The van der Waals surface area contributed by atoms with Crippen molar-refractivity contribution in [3.05, 3.63) is 16.0 Å². The fourth-order valence-electron chi connectivity index (χ4n) is 2.97. The molecule has 0 spiro atoms. The van der Waals surface area contributed by atoms with Crippen LogP contribution in [0, 0.1) is 22.7 Å². The minimum absolute atomic E-state index is 0.206. The number of amides is 1. The molecule has 0 fully saturated rings. The number of anilines is 1. The second kappa shape index (κ2) is 6.71. The summed E-state index contributed by atoms with van der Waals surface area (Å²) in [4.78, 5) is 25.0. The number of nitrogens with zero attached hydrogens (tertiary/aromatic N) is 1. The van der Waals surface area contributed by atoms with Gasteiger partial charge in [0.05, 0.1) is 18.7 Å². The Hall–Kier alpha value is -1.87. The smallest absolute Gasteiger partial charge is 0.341 e. The van der Waals surface area contributed by atoms with E-state index in [1.165, 1.54) is 18.4 Å². The maximum Gasteiger partial charge on any atom is 0.341 e. The van der Waals surface area contributed by atoms with Crippen LogP contribution in [0.15, 0.2) is 0 Å². The summed E-state index contributed by atoms with van der Waals surface area (Å²) in [5, 5.41) is 11.8. The van der Waals surface area contributed by atoms with Crippen molar-refractivity contribution in [2.45, 2.75) is 46.5 Å². The highest BCUT2D eigenvalue weighted by Crippen LogP contribution is 2.44. The van der Waals surface area contributed by atoms with Crippen LogP contribution in [-0.4, -0.2) is 19.0 Å². The number of hydrogen-bond acceptors (Lipinski definition) is 5. The molecule has 1 aromatic rings. The number of esters is 1. The Morgan fingerprint density at radius 1 is 1.43 bits per heavy atom. The van der Waals surface area contributed by atoms with E-state index in [4.69, 9.17) is 10.00 Å². The molecule has 2 rings (SSSR count). The van der Waals surface area contributed by atoms with Gasteiger partial charge in [-0.1, -0.05) is 20.8 Å². The maximum absolute atomic E-state index is 12.2. The van der Waals surface area contributed by atoms with Crippen molar-refractivity contribution in [3.8, 4) is 6.07 Å². The van der Waals surface area contributed by atoms with Crippen molar-refractivity contribution in [2.75, 3.05) is 12.4 Å². The van der Waals surface area contributed by atoms with Crippen molar-refractivity contribution in [1.29, 1.82) is 5.26 Å². The van der Waals surface area contributed by atoms with Gasteiger partial charge in [-0.25, -0.2) is 4.79 Å². The third-order valence-electron chi connectivity index (χ3n) is 4.37. The monoisotopic (exact) mass is 334 g/mol.